The molecule has 2 unspecified atom stereocenters. The molecule has 2 atom stereocenters. The van der Waals surface area contributed by atoms with E-state index in [1.165, 1.54) is 30.3 Å². The standard InChI is InChI=1S/C50H57N9O18S6/c1-27-19-41(30(4)18-38(27)51-36-12-10-34(23-47(36)78)81(67,68)69)55-57-43-20-28(2)39(25-45(43)76-14-8-16-79(61,62)63)52-50(60)53-40-26-46(77-15-9-17-80(64,65)66)44(21-29(40)3)58-56-42-22-31(5)49(33(7)32(42)6)59-54-37-13-11-35(82(70,71)72)24-48(37)83(73,74)75/h10-13,18-26,32-33,51,78H,8-9,14-17H2,1-7H3,(H2,52,53,60)(H,61,62,63)(H,64,65,66)(H,67,68,69)(H,70,71,72)(H,73,74,75). The van der Waals surface area contributed by atoms with Gasteiger partial charge < -0.3 is 25.4 Å². The summed E-state index contributed by atoms with van der Waals surface area (Å²) in [5, 5.41) is 34.7. The van der Waals surface area contributed by atoms with Gasteiger partial charge in [-0.15, -0.1) is 28.0 Å². The number of amides is 2. The van der Waals surface area contributed by atoms with Crippen LogP contribution in [0.1, 0.15) is 55.9 Å². The normalized spacial score (nSPS) is 15.5. The number of rotatable bonds is 23. The molecule has 5 aromatic rings. The Balaban J connectivity index is 1.26. The van der Waals surface area contributed by atoms with Gasteiger partial charge in [0.05, 0.1) is 57.3 Å². The number of hydrogen-bond donors (Lipinski definition) is 9. The smallest absolute Gasteiger partial charge is 0.323 e. The van der Waals surface area contributed by atoms with Crippen LogP contribution in [0.3, 0.4) is 0 Å². The summed E-state index contributed by atoms with van der Waals surface area (Å²) in [6.45, 7) is 11.7. The third kappa shape index (κ3) is 18.2. The molecule has 27 nitrogen and oxygen atoms in total. The molecule has 83 heavy (non-hydrogen) atoms. The number of aryl methyl sites for hydroxylation is 4. The second-order valence-electron chi connectivity index (χ2n) is 19.0. The van der Waals surface area contributed by atoms with Gasteiger partial charge in [0.25, 0.3) is 50.6 Å². The highest BCUT2D eigenvalue weighted by Crippen LogP contribution is 2.41. The van der Waals surface area contributed by atoms with Crippen molar-refractivity contribution in [1.82, 2.24) is 0 Å². The molecule has 0 spiro atoms. The summed E-state index contributed by atoms with van der Waals surface area (Å²) >= 11 is 4.36. The molecule has 0 saturated heterocycles. The summed E-state index contributed by atoms with van der Waals surface area (Å²) in [6, 6.07) is 15.0. The largest absolute Gasteiger partial charge is 0.491 e. The average molecular weight is 1260 g/mol. The molecule has 5 aromatic carbocycles. The number of hydrogen-bond acceptors (Lipinski definition) is 21. The maximum atomic E-state index is 13.8. The van der Waals surface area contributed by atoms with Crippen molar-refractivity contribution >= 4 is 115 Å². The van der Waals surface area contributed by atoms with Gasteiger partial charge in [0.15, 0.2) is 0 Å². The van der Waals surface area contributed by atoms with Crippen LogP contribution in [0.25, 0.3) is 0 Å². The van der Waals surface area contributed by atoms with E-state index in [0.29, 0.717) is 62.3 Å². The van der Waals surface area contributed by atoms with Crippen LogP contribution in [-0.4, -0.2) is 95.6 Å². The van der Waals surface area contributed by atoms with Crippen LogP contribution >= 0.6 is 12.6 Å². The van der Waals surface area contributed by atoms with Crippen molar-refractivity contribution < 1.29 is 79.1 Å². The van der Waals surface area contributed by atoms with E-state index < -0.39 is 95.4 Å². The molecule has 0 aliphatic heterocycles. The molecule has 446 valence electrons. The molecular weight excluding hydrogens is 1210 g/mol. The average Bonchev–Trinajstić information content (AvgIpc) is 3.57. The van der Waals surface area contributed by atoms with Crippen molar-refractivity contribution in [3.63, 3.8) is 0 Å². The van der Waals surface area contributed by atoms with E-state index >= 15 is 0 Å². The lowest BCUT2D eigenvalue weighted by Gasteiger charge is -2.25. The van der Waals surface area contributed by atoms with Gasteiger partial charge in [0.2, 0.25) is 0 Å². The number of nitrogens with zero attached hydrogens (tertiary/aromatic N) is 6. The maximum absolute atomic E-state index is 13.8. The first kappa shape index (κ1) is 65.1. The number of thiol groups is 1. The van der Waals surface area contributed by atoms with E-state index in [4.69, 9.17) is 9.47 Å². The molecule has 33 heteroatoms. The lowest BCUT2D eigenvalue weighted by molar-refractivity contribution is 0.262. The lowest BCUT2D eigenvalue weighted by Crippen LogP contribution is -2.20. The van der Waals surface area contributed by atoms with Crippen molar-refractivity contribution in [3.05, 3.63) is 118 Å². The van der Waals surface area contributed by atoms with E-state index in [1.807, 2.05) is 0 Å². The van der Waals surface area contributed by atoms with Gasteiger partial charge in [0, 0.05) is 45.9 Å². The van der Waals surface area contributed by atoms with Crippen LogP contribution in [0.5, 0.6) is 11.5 Å². The maximum Gasteiger partial charge on any atom is 0.323 e. The van der Waals surface area contributed by atoms with Gasteiger partial charge in [-0.05, 0) is 142 Å². The predicted molar refractivity (Wildman–Crippen MR) is 309 cm³/mol. The topological polar surface area (TPSA) is 418 Å². The van der Waals surface area contributed by atoms with Crippen molar-refractivity contribution in [1.29, 1.82) is 0 Å². The van der Waals surface area contributed by atoms with Gasteiger partial charge in [-0.3, -0.25) is 22.8 Å². The van der Waals surface area contributed by atoms with E-state index in [2.05, 4.69) is 59.3 Å². The summed E-state index contributed by atoms with van der Waals surface area (Å²) in [4.78, 5) is 12.0. The number of azo groups is 3. The first-order valence-corrected chi connectivity index (χ1v) is 32.4. The number of carbonyl (C=O) groups excluding carboxylic acids is 1. The highest BCUT2D eigenvalue weighted by molar-refractivity contribution is 7.87. The Morgan fingerprint density at radius 1 is 0.518 bits per heavy atom. The number of nitrogens with one attached hydrogen (secondary N) is 3. The zero-order valence-corrected chi connectivity index (χ0v) is 50.1. The zero-order chi connectivity index (χ0) is 61.6. The predicted octanol–water partition coefficient (Wildman–Crippen LogP) is 11.4. The number of anilines is 4. The van der Waals surface area contributed by atoms with Crippen LogP contribution in [0.2, 0.25) is 0 Å². The lowest BCUT2D eigenvalue weighted by atomic mass is 9.83. The fourth-order valence-corrected chi connectivity index (χ4v) is 11.0. The summed E-state index contributed by atoms with van der Waals surface area (Å²) < 4.78 is 176. The van der Waals surface area contributed by atoms with E-state index in [9.17, 15) is 69.6 Å². The molecule has 0 aromatic heterocycles. The third-order valence-electron chi connectivity index (χ3n) is 12.5. The second-order valence-corrected chi connectivity index (χ2v) is 26.8. The quantitative estimate of drug-likeness (QED) is 0.0127. The van der Waals surface area contributed by atoms with Gasteiger partial charge in [-0.25, -0.2) is 4.79 Å². The molecule has 0 radical (unpaired) electrons. The molecule has 6 rings (SSSR count). The van der Waals surface area contributed by atoms with Gasteiger partial charge in [0.1, 0.15) is 33.5 Å². The van der Waals surface area contributed by atoms with Crippen LogP contribution < -0.4 is 25.4 Å². The van der Waals surface area contributed by atoms with Crippen LogP contribution in [0, 0.1) is 39.5 Å². The first-order valence-electron chi connectivity index (χ1n) is 24.5. The van der Waals surface area contributed by atoms with Crippen molar-refractivity contribution in [3.8, 4) is 11.5 Å². The van der Waals surface area contributed by atoms with Crippen molar-refractivity contribution in [2.24, 2.45) is 42.5 Å². The van der Waals surface area contributed by atoms with Crippen LogP contribution in [0.4, 0.5) is 50.3 Å². The molecule has 0 saturated carbocycles. The Hall–Kier alpha value is -7.05. The fraction of sp³-hybridized carbons (Fsp3) is 0.300. The minimum Gasteiger partial charge on any atom is -0.491 e. The van der Waals surface area contributed by atoms with Gasteiger partial charge >= 0.3 is 6.03 Å². The zero-order valence-electron chi connectivity index (χ0n) is 45.1. The Morgan fingerprint density at radius 3 is 1.49 bits per heavy atom. The number of ether oxygens (including phenoxy) is 2. The molecule has 0 fully saturated rings. The molecule has 1 aliphatic carbocycles. The summed E-state index contributed by atoms with van der Waals surface area (Å²) in [5.41, 5.74) is 5.51. The first-order chi connectivity index (χ1) is 38.5. The summed E-state index contributed by atoms with van der Waals surface area (Å²) in [7, 11) is -23.0. The number of benzene rings is 5. The second kappa shape index (κ2) is 26.3. The third-order valence-corrected chi connectivity index (χ3v) is 17.1. The molecular formula is C50H57N9O18S6. The molecule has 1 aliphatic rings. The monoisotopic (exact) mass is 1260 g/mol. The molecule has 0 heterocycles. The van der Waals surface area contributed by atoms with Crippen LogP contribution in [-0.2, 0) is 50.6 Å². The number of urea groups is 1. The molecule has 2 amide bonds. The van der Waals surface area contributed by atoms with Gasteiger partial charge in [-0.2, -0.15) is 57.4 Å². The molecule has 0 bridgehead atoms. The SMILES string of the molecule is CC1=C(N=Nc2ccc(S(=O)(=O)O)cc2S(=O)(=O)O)C(C)C(C)C(N=Nc2cc(C)c(NC(=O)Nc3cc(OCCCS(=O)(=O)O)c(N=Nc4cc(C)c(Nc5ccc(S(=O)(=O)O)cc5S)cc4C)cc3C)cc2OCCCS(=O)(=O)O)=C1. The Labute approximate surface area is 484 Å². The minimum atomic E-state index is -5.02. The van der Waals surface area contributed by atoms with E-state index in [-0.39, 0.29) is 70.1 Å². The Kier molecular flexibility index (Phi) is 20.6. The minimum absolute atomic E-state index is 0.0428. The Bertz CT molecular complexity index is 4130. The number of allylic oxidation sites excluding steroid dienone is 4. The van der Waals surface area contributed by atoms with E-state index in [0.717, 1.165) is 12.1 Å². The summed E-state index contributed by atoms with van der Waals surface area (Å²) in [5.74, 6) is -1.97. The fourth-order valence-electron chi connectivity index (χ4n) is 7.93. The highest BCUT2D eigenvalue weighted by Gasteiger charge is 2.28. The van der Waals surface area contributed by atoms with E-state index in [1.54, 1.807) is 78.8 Å². The van der Waals surface area contributed by atoms with Crippen LogP contribution in [0.15, 0.2) is 146 Å². The summed E-state index contributed by atoms with van der Waals surface area (Å²) in [6.07, 6.45) is 1.39. The van der Waals surface area contributed by atoms with Crippen molar-refractivity contribution in [2.45, 2.75) is 80.9 Å². The number of carbonyl (C=O) groups is 1. The van der Waals surface area contributed by atoms with Crippen molar-refractivity contribution in [2.75, 3.05) is 40.7 Å². The molecule has 8 N–H and O–H groups in total. The highest BCUT2D eigenvalue weighted by atomic mass is 32.2. The Morgan fingerprint density at radius 2 is 0.988 bits per heavy atom. The van der Waals surface area contributed by atoms with Gasteiger partial charge in [-0.1, -0.05) is 13.8 Å².